The van der Waals surface area contributed by atoms with Gasteiger partial charge < -0.3 is 19.5 Å². The molecule has 0 saturated heterocycles. The van der Waals surface area contributed by atoms with Crippen molar-refractivity contribution >= 4 is 27.6 Å². The van der Waals surface area contributed by atoms with E-state index in [-0.39, 0.29) is 16.1 Å². The molecule has 1 N–H and O–H groups in total. The van der Waals surface area contributed by atoms with E-state index in [2.05, 4.69) is 15.9 Å². The van der Waals surface area contributed by atoms with Gasteiger partial charge >= 0.3 is 5.97 Å². The largest absolute Gasteiger partial charge is 0.478 e. The van der Waals surface area contributed by atoms with Gasteiger partial charge in [-0.15, -0.1) is 0 Å². The number of carboxylic acid groups (broad SMARTS) is 1. The van der Waals surface area contributed by atoms with Crippen molar-refractivity contribution in [2.75, 3.05) is 38.9 Å². The minimum Gasteiger partial charge on any atom is -0.478 e. The molecular formula is C14H19BrFNO4. The highest BCUT2D eigenvalue weighted by atomic mass is 79.9. The highest BCUT2D eigenvalue weighted by molar-refractivity contribution is 9.10. The molecule has 0 fully saturated rings. The minimum absolute atomic E-state index is 0.0560. The van der Waals surface area contributed by atoms with Gasteiger partial charge in [-0.1, -0.05) is 0 Å². The molecule has 0 spiro atoms. The predicted molar refractivity (Wildman–Crippen MR) is 81.6 cm³/mol. The van der Waals surface area contributed by atoms with Gasteiger partial charge in [0.25, 0.3) is 0 Å². The number of hydrogen-bond acceptors (Lipinski definition) is 4. The van der Waals surface area contributed by atoms with E-state index in [1.54, 1.807) is 19.1 Å². The lowest BCUT2D eigenvalue weighted by Crippen LogP contribution is -2.39. The number of hydrogen-bond donors (Lipinski definition) is 1. The number of methoxy groups -OCH3 is 2. The summed E-state index contributed by atoms with van der Waals surface area (Å²) in [5.74, 6) is -1.78. The van der Waals surface area contributed by atoms with Crippen molar-refractivity contribution in [2.24, 2.45) is 0 Å². The van der Waals surface area contributed by atoms with Crippen LogP contribution in [0.1, 0.15) is 17.3 Å². The molecule has 5 nitrogen and oxygen atoms in total. The summed E-state index contributed by atoms with van der Waals surface area (Å²) in [6.07, 6.45) is 0. The van der Waals surface area contributed by atoms with E-state index in [0.717, 1.165) is 0 Å². The molecule has 1 atom stereocenters. The molecule has 0 saturated carbocycles. The van der Waals surface area contributed by atoms with Crippen LogP contribution in [0.2, 0.25) is 0 Å². The van der Waals surface area contributed by atoms with Crippen LogP contribution in [0, 0.1) is 5.82 Å². The fourth-order valence-electron chi connectivity index (χ4n) is 2.03. The third-order valence-corrected chi connectivity index (χ3v) is 3.85. The molecule has 1 rings (SSSR count). The van der Waals surface area contributed by atoms with Crippen molar-refractivity contribution in [2.45, 2.75) is 13.0 Å². The van der Waals surface area contributed by atoms with Gasteiger partial charge in [0.2, 0.25) is 0 Å². The molecule has 0 amide bonds. The first-order valence-corrected chi connectivity index (χ1v) is 7.19. The number of ether oxygens (including phenoxy) is 2. The average molecular weight is 364 g/mol. The molecule has 0 radical (unpaired) electrons. The normalized spacial score (nSPS) is 12.2. The fraction of sp³-hybridized carbons (Fsp3) is 0.500. The molecule has 0 aliphatic heterocycles. The van der Waals surface area contributed by atoms with Crippen LogP contribution in [0.4, 0.5) is 10.1 Å². The quantitative estimate of drug-likeness (QED) is 0.769. The molecule has 1 aromatic rings. The summed E-state index contributed by atoms with van der Waals surface area (Å²) >= 11 is 3.01. The van der Waals surface area contributed by atoms with Crippen molar-refractivity contribution in [1.82, 2.24) is 0 Å². The first kappa shape index (κ1) is 17.9. The van der Waals surface area contributed by atoms with Crippen LogP contribution in [0.25, 0.3) is 0 Å². The molecular weight excluding hydrogens is 345 g/mol. The third kappa shape index (κ3) is 4.39. The fourth-order valence-corrected chi connectivity index (χ4v) is 2.53. The maximum Gasteiger partial charge on any atom is 0.336 e. The summed E-state index contributed by atoms with van der Waals surface area (Å²) in [5.41, 5.74) is 0.204. The topological polar surface area (TPSA) is 59.0 Å². The first-order chi connectivity index (χ1) is 9.93. The van der Waals surface area contributed by atoms with Crippen molar-refractivity contribution in [3.63, 3.8) is 0 Å². The van der Waals surface area contributed by atoms with Gasteiger partial charge in [-0.3, -0.25) is 0 Å². The zero-order valence-corrected chi connectivity index (χ0v) is 13.8. The molecule has 0 heterocycles. The van der Waals surface area contributed by atoms with Crippen molar-refractivity contribution in [1.29, 1.82) is 0 Å². The smallest absolute Gasteiger partial charge is 0.336 e. The summed E-state index contributed by atoms with van der Waals surface area (Å²) in [4.78, 5) is 12.8. The van der Waals surface area contributed by atoms with Gasteiger partial charge in [0, 0.05) is 26.8 Å². The summed E-state index contributed by atoms with van der Waals surface area (Å²) in [6.45, 7) is 3.21. The van der Waals surface area contributed by atoms with Crippen LogP contribution in [-0.2, 0) is 9.47 Å². The summed E-state index contributed by atoms with van der Waals surface area (Å²) in [7, 11) is 3.14. The summed E-state index contributed by atoms with van der Waals surface area (Å²) in [5, 5.41) is 9.00. The van der Waals surface area contributed by atoms with E-state index in [0.29, 0.717) is 25.4 Å². The lowest BCUT2D eigenvalue weighted by Gasteiger charge is -2.31. The monoisotopic (exact) mass is 363 g/mol. The van der Waals surface area contributed by atoms with Crippen molar-refractivity contribution < 1.29 is 23.8 Å². The number of nitrogens with zero attached hydrogens (tertiary/aromatic N) is 1. The van der Waals surface area contributed by atoms with E-state index in [9.17, 15) is 9.18 Å². The molecule has 21 heavy (non-hydrogen) atoms. The Labute approximate surface area is 131 Å². The average Bonchev–Trinajstić information content (AvgIpc) is 2.43. The second-order valence-electron chi connectivity index (χ2n) is 4.56. The van der Waals surface area contributed by atoms with Crippen LogP contribution < -0.4 is 4.90 Å². The van der Waals surface area contributed by atoms with Crippen molar-refractivity contribution in [3.8, 4) is 0 Å². The molecule has 118 valence electrons. The Kier molecular flexibility index (Phi) is 7.07. The van der Waals surface area contributed by atoms with Crippen LogP contribution >= 0.6 is 15.9 Å². The Hall–Kier alpha value is -1.18. The van der Waals surface area contributed by atoms with Gasteiger partial charge in [0.15, 0.2) is 5.82 Å². The maximum absolute atomic E-state index is 14.5. The van der Waals surface area contributed by atoms with Crippen LogP contribution in [0.15, 0.2) is 16.6 Å². The number of aromatic carboxylic acids is 1. The number of anilines is 1. The molecule has 0 aliphatic carbocycles. The molecule has 1 aromatic carbocycles. The van der Waals surface area contributed by atoms with Gasteiger partial charge in [0.1, 0.15) is 0 Å². The number of halogens is 2. The lowest BCUT2D eigenvalue weighted by atomic mass is 10.1. The summed E-state index contributed by atoms with van der Waals surface area (Å²) < 4.78 is 24.6. The highest BCUT2D eigenvalue weighted by Gasteiger charge is 2.22. The van der Waals surface area contributed by atoms with Crippen LogP contribution in [-0.4, -0.2) is 51.1 Å². The standard InChI is InChI=1S/C14H19BrFNO4/c1-9(8-21-3)17(6-7-20-2)11-5-4-10(14(18)19)12(15)13(11)16/h4-5,9H,6-8H2,1-3H3,(H,18,19). The Bertz CT molecular complexity index is 498. The van der Waals surface area contributed by atoms with Crippen molar-refractivity contribution in [3.05, 3.63) is 28.0 Å². The molecule has 0 bridgehead atoms. The van der Waals surface area contributed by atoms with E-state index in [4.69, 9.17) is 14.6 Å². The molecule has 7 heteroatoms. The lowest BCUT2D eigenvalue weighted by molar-refractivity contribution is 0.0695. The molecule has 0 aromatic heterocycles. The van der Waals surface area contributed by atoms with E-state index in [1.165, 1.54) is 12.1 Å². The molecule has 0 aliphatic rings. The third-order valence-electron chi connectivity index (χ3n) is 3.08. The van der Waals surface area contributed by atoms with Gasteiger partial charge in [0.05, 0.1) is 28.9 Å². The highest BCUT2D eigenvalue weighted by Crippen LogP contribution is 2.30. The summed E-state index contributed by atoms with van der Waals surface area (Å²) in [6, 6.07) is 2.76. The number of carboxylic acids is 1. The minimum atomic E-state index is -1.18. The second kappa shape index (κ2) is 8.31. The second-order valence-corrected chi connectivity index (χ2v) is 5.35. The van der Waals surface area contributed by atoms with Crippen LogP contribution in [0.3, 0.4) is 0 Å². The predicted octanol–water partition coefficient (Wildman–Crippen LogP) is 2.77. The van der Waals surface area contributed by atoms with E-state index < -0.39 is 11.8 Å². The molecule has 1 unspecified atom stereocenters. The van der Waals surface area contributed by atoms with Gasteiger partial charge in [-0.25, -0.2) is 9.18 Å². The Balaban J connectivity index is 3.18. The van der Waals surface area contributed by atoms with Crippen LogP contribution in [0.5, 0.6) is 0 Å². The zero-order chi connectivity index (χ0) is 16.0. The number of carbonyl (C=O) groups is 1. The first-order valence-electron chi connectivity index (χ1n) is 6.39. The Morgan fingerprint density at radius 1 is 1.43 bits per heavy atom. The maximum atomic E-state index is 14.5. The number of benzene rings is 1. The Morgan fingerprint density at radius 3 is 2.62 bits per heavy atom. The number of rotatable bonds is 8. The zero-order valence-electron chi connectivity index (χ0n) is 12.2. The SMILES string of the molecule is COCCN(c1ccc(C(=O)O)c(Br)c1F)C(C)COC. The van der Waals surface area contributed by atoms with Gasteiger partial charge in [-0.05, 0) is 35.0 Å². The van der Waals surface area contributed by atoms with Gasteiger partial charge in [-0.2, -0.15) is 0 Å². The van der Waals surface area contributed by atoms with E-state index in [1.807, 2.05) is 6.92 Å². The van der Waals surface area contributed by atoms with E-state index >= 15 is 0 Å². The Morgan fingerprint density at radius 2 is 2.10 bits per heavy atom.